The van der Waals surface area contributed by atoms with E-state index in [-0.39, 0.29) is 35.8 Å². The molecular weight excluding hydrogens is 469 g/mol. The van der Waals surface area contributed by atoms with Gasteiger partial charge in [0, 0.05) is 37.2 Å². The van der Waals surface area contributed by atoms with Crippen molar-refractivity contribution in [2.75, 3.05) is 29.6 Å². The van der Waals surface area contributed by atoms with Crippen LogP contribution in [0.25, 0.3) is 0 Å². The Bertz CT molecular complexity index is 1300. The maximum absolute atomic E-state index is 14.9. The number of Topliss-reactive ketones (excluding diaryl/α,β-unsaturated/α-hetero) is 1. The van der Waals surface area contributed by atoms with Crippen LogP contribution in [0.1, 0.15) is 36.7 Å². The van der Waals surface area contributed by atoms with Gasteiger partial charge in [0.2, 0.25) is 0 Å². The Labute approximate surface area is 196 Å². The van der Waals surface area contributed by atoms with Crippen LogP contribution in [-0.4, -0.2) is 50.7 Å². The summed E-state index contributed by atoms with van der Waals surface area (Å²) < 4.78 is 44.3. The maximum atomic E-state index is 14.9. The summed E-state index contributed by atoms with van der Waals surface area (Å²) in [5.74, 6) is -1.14. The van der Waals surface area contributed by atoms with Gasteiger partial charge in [-0.15, -0.1) is 0 Å². The molecule has 182 valence electrons. The van der Waals surface area contributed by atoms with Crippen LogP contribution < -0.4 is 9.80 Å². The van der Waals surface area contributed by atoms with E-state index in [2.05, 4.69) is 0 Å². The van der Waals surface area contributed by atoms with E-state index < -0.39 is 42.9 Å². The topological polar surface area (TPSA) is 127 Å². The van der Waals surface area contributed by atoms with E-state index in [1.807, 2.05) is 0 Å². The molecule has 10 nitrogen and oxygen atoms in total. The first kappa shape index (κ1) is 25.1. The van der Waals surface area contributed by atoms with Crippen LogP contribution in [0.4, 0.5) is 26.2 Å². The molecule has 0 radical (unpaired) electrons. The molecule has 0 bridgehead atoms. The largest absolute Gasteiger partial charge is 0.443 e. The molecule has 0 saturated heterocycles. The summed E-state index contributed by atoms with van der Waals surface area (Å²) in [7, 11) is -2.58. The normalized spacial score (nSPS) is 13.9. The third-order valence-electron chi connectivity index (χ3n) is 5.10. The minimum atomic E-state index is -3.92. The Balaban J connectivity index is 1.97. The zero-order valence-electron chi connectivity index (χ0n) is 19.3. The highest BCUT2D eigenvalue weighted by molar-refractivity contribution is 7.90. The van der Waals surface area contributed by atoms with E-state index in [9.17, 15) is 32.5 Å². The van der Waals surface area contributed by atoms with Crippen LogP contribution in [-0.2, 0) is 21.1 Å². The molecule has 0 aliphatic carbocycles. The van der Waals surface area contributed by atoms with Crippen LogP contribution >= 0.6 is 0 Å². The number of ketones is 1. The molecule has 2 aromatic carbocycles. The van der Waals surface area contributed by atoms with Crippen molar-refractivity contribution in [1.82, 2.24) is 0 Å². The zero-order chi connectivity index (χ0) is 25.6. The number of halogens is 1. The summed E-state index contributed by atoms with van der Waals surface area (Å²) in [6.07, 6.45) is 0.0730. The van der Waals surface area contributed by atoms with Crippen LogP contribution in [0, 0.1) is 15.9 Å². The first-order chi connectivity index (χ1) is 15.6. The van der Waals surface area contributed by atoms with Gasteiger partial charge in [-0.3, -0.25) is 19.8 Å². The molecule has 1 aliphatic rings. The number of nitro benzene ring substituents is 1. The smallest absolute Gasteiger partial charge is 0.414 e. The number of hydrogen-bond donors (Lipinski definition) is 0. The number of amides is 1. The van der Waals surface area contributed by atoms with Crippen molar-refractivity contribution in [3.63, 3.8) is 0 Å². The molecule has 12 heteroatoms. The zero-order valence-corrected chi connectivity index (χ0v) is 20.1. The molecule has 34 heavy (non-hydrogen) atoms. The summed E-state index contributed by atoms with van der Waals surface area (Å²) in [4.78, 5) is 37.6. The van der Waals surface area contributed by atoms with E-state index in [0.717, 1.165) is 29.4 Å². The molecule has 0 spiro atoms. The number of hydrogen-bond acceptors (Lipinski definition) is 8. The van der Waals surface area contributed by atoms with Crippen LogP contribution in [0.5, 0.6) is 0 Å². The van der Waals surface area contributed by atoms with Crippen molar-refractivity contribution in [3.8, 4) is 0 Å². The van der Waals surface area contributed by atoms with Crippen molar-refractivity contribution < 1.29 is 32.1 Å². The molecule has 0 aromatic heterocycles. The molecule has 1 amide bonds. The van der Waals surface area contributed by atoms with Crippen molar-refractivity contribution in [1.29, 1.82) is 0 Å². The second-order valence-electron chi connectivity index (χ2n) is 8.96. The highest BCUT2D eigenvalue weighted by atomic mass is 32.2. The highest BCUT2D eigenvalue weighted by Gasteiger charge is 2.30. The van der Waals surface area contributed by atoms with Gasteiger partial charge in [0.05, 0.1) is 17.2 Å². The Morgan fingerprint density at radius 1 is 1.21 bits per heavy atom. The van der Waals surface area contributed by atoms with Crippen LogP contribution in [0.15, 0.2) is 35.2 Å². The van der Waals surface area contributed by atoms with E-state index in [4.69, 9.17) is 4.74 Å². The Morgan fingerprint density at radius 2 is 1.85 bits per heavy atom. The van der Waals surface area contributed by atoms with Gasteiger partial charge in [-0.1, -0.05) is 0 Å². The lowest BCUT2D eigenvalue weighted by molar-refractivity contribution is -0.387. The van der Waals surface area contributed by atoms with Crippen molar-refractivity contribution in [2.24, 2.45) is 0 Å². The third-order valence-corrected chi connectivity index (χ3v) is 6.23. The number of carbonyl (C=O) groups is 2. The van der Waals surface area contributed by atoms with E-state index >= 15 is 0 Å². The first-order valence-corrected chi connectivity index (χ1v) is 12.0. The fourth-order valence-corrected chi connectivity index (χ4v) is 4.39. The van der Waals surface area contributed by atoms with Gasteiger partial charge in [0.25, 0.3) is 5.69 Å². The first-order valence-electron chi connectivity index (χ1n) is 10.1. The highest BCUT2D eigenvalue weighted by Crippen LogP contribution is 2.33. The summed E-state index contributed by atoms with van der Waals surface area (Å²) in [6.45, 7) is 4.90. The Morgan fingerprint density at radius 3 is 2.41 bits per heavy atom. The number of sulfone groups is 1. The Hall–Kier alpha value is -3.54. The van der Waals surface area contributed by atoms with Crippen molar-refractivity contribution in [3.05, 3.63) is 57.4 Å². The predicted molar refractivity (Wildman–Crippen MR) is 123 cm³/mol. The molecule has 0 atom stereocenters. The quantitative estimate of drug-likeness (QED) is 0.466. The minimum Gasteiger partial charge on any atom is -0.443 e. The van der Waals surface area contributed by atoms with Gasteiger partial charge >= 0.3 is 6.09 Å². The van der Waals surface area contributed by atoms with Gasteiger partial charge in [-0.2, -0.15) is 0 Å². The molecule has 1 heterocycles. The predicted octanol–water partition coefficient (Wildman–Crippen LogP) is 3.71. The lowest BCUT2D eigenvalue weighted by atomic mass is 9.96. The lowest BCUT2D eigenvalue weighted by Crippen LogP contribution is -2.37. The Kier molecular flexibility index (Phi) is 6.40. The number of rotatable bonds is 4. The molecule has 0 saturated carbocycles. The summed E-state index contributed by atoms with van der Waals surface area (Å²) in [6, 6.07) is 5.95. The van der Waals surface area contributed by atoms with Crippen molar-refractivity contribution in [2.45, 2.75) is 37.8 Å². The number of fused-ring (bicyclic) bond motifs is 1. The van der Waals surface area contributed by atoms with Gasteiger partial charge in [0.15, 0.2) is 15.6 Å². The molecule has 0 fully saturated rings. The molecular formula is C22H24FN3O7S. The van der Waals surface area contributed by atoms with Gasteiger partial charge in [-0.25, -0.2) is 17.6 Å². The number of nitrogens with zero attached hydrogens (tertiary/aromatic N) is 3. The van der Waals surface area contributed by atoms with E-state index in [1.54, 1.807) is 20.8 Å². The number of benzene rings is 2. The number of carbonyl (C=O) groups excluding carboxylic acids is 2. The maximum Gasteiger partial charge on any atom is 0.414 e. The summed E-state index contributed by atoms with van der Waals surface area (Å²) in [5, 5.41) is 11.2. The molecule has 1 aliphatic heterocycles. The number of anilines is 2. The minimum absolute atomic E-state index is 0.0510. The monoisotopic (exact) mass is 493 g/mol. The average molecular weight is 494 g/mol. The van der Waals surface area contributed by atoms with Crippen LogP contribution in [0.2, 0.25) is 0 Å². The molecule has 0 N–H and O–H groups in total. The van der Waals surface area contributed by atoms with Crippen molar-refractivity contribution >= 4 is 38.8 Å². The molecule has 2 aromatic rings. The standard InChI is InChI=1S/C22H24FN3O7S/c1-22(2,3)33-21(28)24(4)18-10-15-13(8-16(18)23)11-25(12-19(15)27)14-6-7-17(26(29)30)20(9-14)34(5,31)32/h6-10H,11-12H2,1-5H3. The SMILES string of the molecule is CN(C(=O)OC(C)(C)C)c1cc2c(cc1F)CN(c1ccc([N+](=O)[O-])c(S(C)(=O)=O)c1)CC2=O. The van der Waals surface area contributed by atoms with Gasteiger partial charge < -0.3 is 9.64 Å². The number of nitro groups is 1. The van der Waals surface area contributed by atoms with Gasteiger partial charge in [0.1, 0.15) is 16.3 Å². The number of ether oxygens (including phenoxy) is 1. The van der Waals surface area contributed by atoms with E-state index in [1.165, 1.54) is 24.1 Å². The molecule has 0 unspecified atom stereocenters. The van der Waals surface area contributed by atoms with E-state index in [0.29, 0.717) is 5.56 Å². The fourth-order valence-electron chi connectivity index (χ4n) is 3.53. The average Bonchev–Trinajstić information content (AvgIpc) is 2.70. The summed E-state index contributed by atoms with van der Waals surface area (Å²) in [5.41, 5.74) is -0.676. The van der Waals surface area contributed by atoms with Crippen LogP contribution in [0.3, 0.4) is 0 Å². The third kappa shape index (κ3) is 5.16. The lowest BCUT2D eigenvalue weighted by Gasteiger charge is -2.31. The second kappa shape index (κ2) is 8.67. The van der Waals surface area contributed by atoms with Gasteiger partial charge in [-0.05, 0) is 50.6 Å². The molecule has 3 rings (SSSR count). The second-order valence-corrected chi connectivity index (χ2v) is 10.9. The fraction of sp³-hybridized carbons (Fsp3) is 0.364. The summed E-state index contributed by atoms with van der Waals surface area (Å²) >= 11 is 0.